The second kappa shape index (κ2) is 11.1. The van der Waals surface area contributed by atoms with Gasteiger partial charge >= 0.3 is 7.60 Å². The first-order valence-corrected chi connectivity index (χ1v) is 13.7. The Morgan fingerprint density at radius 2 is 1.87 bits per heavy atom. The average molecular weight is 573 g/mol. The van der Waals surface area contributed by atoms with Crippen molar-refractivity contribution in [2.45, 2.75) is 49.8 Å². The van der Waals surface area contributed by atoms with Crippen LogP contribution in [0.2, 0.25) is 5.15 Å². The van der Waals surface area contributed by atoms with E-state index in [2.05, 4.69) is 15.4 Å². The Morgan fingerprint density at radius 1 is 1.21 bits per heavy atom. The molecule has 1 aliphatic heterocycles. The molecular weight excluding hydrogens is 543 g/mol. The van der Waals surface area contributed by atoms with Crippen LogP contribution >= 0.6 is 19.2 Å². The Bertz CT molecular complexity index is 1310. The number of halogens is 1. The molecule has 0 amide bonds. The van der Waals surface area contributed by atoms with Crippen LogP contribution < -0.4 is 5.32 Å². The Labute approximate surface area is 222 Å². The Balaban J connectivity index is 1.57. The third-order valence-corrected chi connectivity index (χ3v) is 8.27. The van der Waals surface area contributed by atoms with Gasteiger partial charge in [-0.25, -0.2) is 9.67 Å². The van der Waals surface area contributed by atoms with E-state index in [0.29, 0.717) is 11.1 Å². The minimum Gasteiger partial charge on any atom is -0.393 e. The number of rotatable bonds is 10. The molecule has 0 unspecified atom stereocenters. The van der Waals surface area contributed by atoms with Crippen LogP contribution in [0.15, 0.2) is 36.5 Å². The first-order chi connectivity index (χ1) is 17.9. The zero-order valence-corrected chi connectivity index (χ0v) is 22.2. The van der Waals surface area contributed by atoms with Gasteiger partial charge in [0.1, 0.15) is 23.5 Å². The number of aryl methyl sites for hydroxylation is 1. The lowest BCUT2D eigenvalue weighted by Crippen LogP contribution is -2.44. The molecule has 3 heterocycles. The first kappa shape index (κ1) is 28.8. The zero-order chi connectivity index (χ0) is 27.8. The third-order valence-electron chi connectivity index (χ3n) is 6.60. The van der Waals surface area contributed by atoms with Crippen molar-refractivity contribution in [1.29, 1.82) is 0 Å². The Morgan fingerprint density at radius 3 is 2.47 bits per heavy atom. The predicted octanol–water partition coefficient (Wildman–Crippen LogP) is 1.06. The Hall–Kier alpha value is -2.16. The molecule has 38 heavy (non-hydrogen) atoms. The number of anilines is 1. The highest BCUT2D eigenvalue weighted by Crippen LogP contribution is 2.51. The van der Waals surface area contributed by atoms with Gasteiger partial charge in [-0.2, -0.15) is 5.10 Å². The summed E-state index contributed by atoms with van der Waals surface area (Å²) in [5.74, 6) is 0. The molecule has 1 fully saturated rings. The van der Waals surface area contributed by atoms with Crippen molar-refractivity contribution in [2.24, 2.45) is 0 Å². The zero-order valence-electron chi connectivity index (χ0n) is 20.5. The molecule has 0 radical (unpaired) electrons. The molecule has 208 valence electrons. The van der Waals surface area contributed by atoms with Crippen LogP contribution in [0.3, 0.4) is 0 Å². The molecule has 1 aliphatic rings. The maximum absolute atomic E-state index is 11.8. The SMILES string of the molecule is Cc1ccc([C@H](C)Nc2cc(Cl)nc3c2cnn3[C@@H]2O[C@H](COC(CO)(CO)P(=O)(O)O)[C@@H](O)[C@H]2O)cc1. The summed E-state index contributed by atoms with van der Waals surface area (Å²) < 4.78 is 23.9. The van der Waals surface area contributed by atoms with E-state index in [0.717, 1.165) is 11.1 Å². The van der Waals surface area contributed by atoms with Crippen molar-refractivity contribution in [3.63, 3.8) is 0 Å². The molecule has 13 nitrogen and oxygen atoms in total. The summed E-state index contributed by atoms with van der Waals surface area (Å²) in [5.41, 5.74) is 3.06. The lowest BCUT2D eigenvalue weighted by molar-refractivity contribution is -0.121. The van der Waals surface area contributed by atoms with Gasteiger partial charge in [0.25, 0.3) is 0 Å². The topological polar surface area (TPSA) is 200 Å². The van der Waals surface area contributed by atoms with E-state index in [1.165, 1.54) is 10.9 Å². The number of nitrogens with zero attached hydrogens (tertiary/aromatic N) is 3. The lowest BCUT2D eigenvalue weighted by atomic mass is 10.1. The minimum atomic E-state index is -5.11. The maximum atomic E-state index is 11.8. The molecule has 3 aromatic rings. The van der Waals surface area contributed by atoms with Gasteiger partial charge < -0.3 is 45.0 Å². The molecule has 4 rings (SSSR count). The number of hydrogen-bond donors (Lipinski definition) is 7. The molecule has 7 N–H and O–H groups in total. The molecule has 15 heteroatoms. The van der Waals surface area contributed by atoms with E-state index in [4.69, 9.17) is 21.1 Å². The fraction of sp³-hybridized carbons (Fsp3) is 0.478. The second-order valence-corrected chi connectivity index (χ2v) is 11.5. The molecule has 0 aliphatic carbocycles. The van der Waals surface area contributed by atoms with Crippen LogP contribution in [-0.2, 0) is 14.0 Å². The maximum Gasteiger partial charge on any atom is 0.361 e. The van der Waals surface area contributed by atoms with E-state index < -0.39 is 57.3 Å². The van der Waals surface area contributed by atoms with Gasteiger partial charge in [0.2, 0.25) is 5.34 Å². The summed E-state index contributed by atoms with van der Waals surface area (Å²) in [4.78, 5) is 23.3. The number of aromatic nitrogens is 3. The van der Waals surface area contributed by atoms with Crippen LogP contribution in [-0.4, -0.2) is 88.5 Å². The predicted molar refractivity (Wildman–Crippen MR) is 137 cm³/mol. The summed E-state index contributed by atoms with van der Waals surface area (Å²) in [6, 6.07) is 9.59. The van der Waals surface area contributed by atoms with E-state index in [9.17, 15) is 34.8 Å². The second-order valence-electron chi connectivity index (χ2n) is 9.26. The number of ether oxygens (including phenoxy) is 2. The molecule has 2 aromatic heterocycles. The van der Waals surface area contributed by atoms with Crippen molar-refractivity contribution in [3.8, 4) is 0 Å². The first-order valence-electron chi connectivity index (χ1n) is 11.7. The molecular formula is C23H30ClN4O9P. The lowest BCUT2D eigenvalue weighted by Gasteiger charge is -2.31. The number of aliphatic hydroxyl groups excluding tert-OH is 4. The fourth-order valence-corrected chi connectivity index (χ4v) is 4.98. The van der Waals surface area contributed by atoms with E-state index >= 15 is 0 Å². The fourth-order valence-electron chi connectivity index (χ4n) is 4.18. The van der Waals surface area contributed by atoms with Crippen LogP contribution in [0.25, 0.3) is 11.0 Å². The number of benzene rings is 1. The largest absolute Gasteiger partial charge is 0.393 e. The van der Waals surface area contributed by atoms with E-state index in [-0.39, 0.29) is 16.8 Å². The molecule has 5 atom stereocenters. The average Bonchev–Trinajstić information content (AvgIpc) is 3.40. The van der Waals surface area contributed by atoms with Gasteiger partial charge in [-0.05, 0) is 25.5 Å². The van der Waals surface area contributed by atoms with Crippen LogP contribution in [0.4, 0.5) is 5.69 Å². The summed E-state index contributed by atoms with van der Waals surface area (Å²) in [7, 11) is -5.11. The quantitative estimate of drug-likeness (QED) is 0.135. The smallest absolute Gasteiger partial charge is 0.361 e. The monoisotopic (exact) mass is 572 g/mol. The molecule has 0 saturated carbocycles. The number of nitrogens with one attached hydrogen (secondary N) is 1. The summed E-state index contributed by atoms with van der Waals surface area (Å²) in [6.07, 6.45) is -4.10. The molecule has 0 bridgehead atoms. The van der Waals surface area contributed by atoms with Crippen LogP contribution in [0, 0.1) is 6.92 Å². The van der Waals surface area contributed by atoms with Crippen molar-refractivity contribution >= 4 is 35.9 Å². The number of hydrogen-bond acceptors (Lipinski definition) is 10. The number of fused-ring (bicyclic) bond motifs is 1. The highest BCUT2D eigenvalue weighted by molar-refractivity contribution is 7.53. The minimum absolute atomic E-state index is 0.0929. The van der Waals surface area contributed by atoms with Crippen LogP contribution in [0.1, 0.15) is 30.3 Å². The molecule has 0 spiro atoms. The summed E-state index contributed by atoms with van der Waals surface area (Å²) >= 11 is 6.29. The third kappa shape index (κ3) is 5.45. The van der Waals surface area contributed by atoms with Crippen molar-refractivity contribution < 1.29 is 44.3 Å². The van der Waals surface area contributed by atoms with Gasteiger partial charge in [-0.3, -0.25) is 4.57 Å². The van der Waals surface area contributed by atoms with Crippen molar-refractivity contribution in [2.75, 3.05) is 25.1 Å². The summed E-state index contributed by atoms with van der Waals surface area (Å²) in [6.45, 7) is 0.950. The van der Waals surface area contributed by atoms with Crippen molar-refractivity contribution in [1.82, 2.24) is 14.8 Å². The van der Waals surface area contributed by atoms with Gasteiger partial charge in [0.05, 0.1) is 37.1 Å². The molecule has 1 aromatic carbocycles. The molecule has 1 saturated heterocycles. The number of aliphatic hydroxyl groups is 4. The van der Waals surface area contributed by atoms with Crippen LogP contribution in [0.5, 0.6) is 0 Å². The van der Waals surface area contributed by atoms with Gasteiger partial charge in [-0.1, -0.05) is 41.4 Å². The van der Waals surface area contributed by atoms with Gasteiger partial charge in [0.15, 0.2) is 11.9 Å². The summed E-state index contributed by atoms with van der Waals surface area (Å²) in [5, 5.41) is 45.9. The Kier molecular flexibility index (Phi) is 8.46. The van der Waals surface area contributed by atoms with Gasteiger partial charge in [0, 0.05) is 6.04 Å². The highest BCUT2D eigenvalue weighted by atomic mass is 35.5. The van der Waals surface area contributed by atoms with Crippen molar-refractivity contribution in [3.05, 3.63) is 52.8 Å². The van der Waals surface area contributed by atoms with E-state index in [1.807, 2.05) is 38.1 Å². The number of pyridine rings is 1. The van der Waals surface area contributed by atoms with Gasteiger partial charge in [-0.15, -0.1) is 0 Å². The highest BCUT2D eigenvalue weighted by Gasteiger charge is 2.51. The standard InChI is InChI=1S/C23H30ClN4O9P/c1-12-3-5-14(6-4-12)13(2)26-16-7-18(24)27-21-15(16)8-25-28(21)22-20(32)19(31)17(37-22)9-36-23(10-29,11-30)38(33,34)35/h3-8,13,17,19-20,22,29-32H,9-11H2,1-2H3,(H,26,27)(H2,33,34,35)/t13-,17+,19+,20+,22+/m0/s1. The normalized spacial score (nSPS) is 23.2. The van der Waals surface area contributed by atoms with E-state index in [1.54, 1.807) is 6.07 Å².